The van der Waals surface area contributed by atoms with Crippen molar-refractivity contribution in [2.45, 2.75) is 45.2 Å². The van der Waals surface area contributed by atoms with Crippen LogP contribution in [0.1, 0.15) is 49.6 Å². The van der Waals surface area contributed by atoms with Gasteiger partial charge in [-0.1, -0.05) is 0 Å². The molecule has 2 heterocycles. The largest absolute Gasteiger partial charge is 0.351 e. The van der Waals surface area contributed by atoms with Gasteiger partial charge in [0, 0.05) is 29.3 Å². The van der Waals surface area contributed by atoms with Crippen LogP contribution in [0, 0.1) is 0 Å². The monoisotopic (exact) mass is 327 g/mol. The molecule has 106 valence electrons. The van der Waals surface area contributed by atoms with Crippen LogP contribution in [0.15, 0.2) is 16.7 Å². The van der Waals surface area contributed by atoms with Crippen molar-refractivity contribution >= 4 is 21.8 Å². The van der Waals surface area contributed by atoms with Gasteiger partial charge in [0.1, 0.15) is 5.69 Å². The molecular formula is C14H22BrN3O. The van der Waals surface area contributed by atoms with Crippen molar-refractivity contribution in [2.75, 3.05) is 13.1 Å². The molecule has 0 radical (unpaired) electrons. The highest BCUT2D eigenvalue weighted by molar-refractivity contribution is 9.10. The summed E-state index contributed by atoms with van der Waals surface area (Å²) in [5.74, 6) is 0.0115. The lowest BCUT2D eigenvalue weighted by molar-refractivity contribution is 0.0941. The average molecular weight is 328 g/mol. The van der Waals surface area contributed by atoms with E-state index in [0.717, 1.165) is 29.7 Å². The van der Waals surface area contributed by atoms with Crippen LogP contribution in [0.3, 0.4) is 0 Å². The van der Waals surface area contributed by atoms with Gasteiger partial charge in [-0.2, -0.15) is 0 Å². The molecule has 1 saturated heterocycles. The summed E-state index contributed by atoms with van der Waals surface area (Å²) in [6.45, 7) is 6.00. The zero-order chi connectivity index (χ0) is 13.8. The van der Waals surface area contributed by atoms with Crippen molar-refractivity contribution in [2.24, 2.45) is 0 Å². The van der Waals surface area contributed by atoms with E-state index in [1.807, 2.05) is 16.8 Å². The van der Waals surface area contributed by atoms with Gasteiger partial charge < -0.3 is 15.2 Å². The second-order valence-corrected chi connectivity index (χ2v) is 6.30. The minimum Gasteiger partial charge on any atom is -0.351 e. The van der Waals surface area contributed by atoms with Crippen molar-refractivity contribution in [3.63, 3.8) is 0 Å². The molecule has 1 amide bonds. The van der Waals surface area contributed by atoms with Crippen LogP contribution in [-0.4, -0.2) is 29.6 Å². The van der Waals surface area contributed by atoms with Crippen molar-refractivity contribution in [1.82, 2.24) is 15.2 Å². The minimum absolute atomic E-state index is 0.0115. The summed E-state index contributed by atoms with van der Waals surface area (Å²) < 4.78 is 2.94. The lowest BCUT2D eigenvalue weighted by atomic mass is 10.1. The minimum atomic E-state index is 0.0115. The fraction of sp³-hybridized carbons (Fsp3) is 0.643. The molecule has 0 bridgehead atoms. The number of nitrogens with one attached hydrogen (secondary N) is 2. The summed E-state index contributed by atoms with van der Waals surface area (Å²) in [6.07, 6.45) is 5.44. The molecule has 0 aliphatic carbocycles. The molecule has 1 aromatic rings. The molecule has 0 aromatic carbocycles. The Balaban J connectivity index is 1.88. The molecule has 1 fully saturated rings. The fourth-order valence-corrected chi connectivity index (χ4v) is 2.95. The van der Waals surface area contributed by atoms with Crippen LogP contribution >= 0.6 is 15.9 Å². The third-order valence-corrected chi connectivity index (χ3v) is 3.98. The quantitative estimate of drug-likeness (QED) is 0.873. The first-order chi connectivity index (χ1) is 9.08. The number of aromatic nitrogens is 1. The molecule has 0 saturated carbocycles. The number of nitrogens with zero attached hydrogens (tertiary/aromatic N) is 1. The molecular weight excluding hydrogens is 306 g/mol. The fourth-order valence-electron chi connectivity index (χ4n) is 2.51. The van der Waals surface area contributed by atoms with Crippen LogP contribution in [0.5, 0.6) is 0 Å². The summed E-state index contributed by atoms with van der Waals surface area (Å²) in [6, 6.07) is 2.73. The second kappa shape index (κ2) is 6.57. The Hall–Kier alpha value is -0.810. The van der Waals surface area contributed by atoms with E-state index in [1.54, 1.807) is 0 Å². The van der Waals surface area contributed by atoms with Gasteiger partial charge in [0.15, 0.2) is 0 Å². The molecule has 1 atom stereocenters. The predicted octanol–water partition coefficient (Wildman–Crippen LogP) is 2.70. The number of carbonyl (C=O) groups is 1. The van der Waals surface area contributed by atoms with Crippen LogP contribution in [-0.2, 0) is 0 Å². The van der Waals surface area contributed by atoms with Crippen molar-refractivity contribution in [3.05, 3.63) is 22.4 Å². The number of hydrogen-bond acceptors (Lipinski definition) is 2. The molecule has 4 nitrogen and oxygen atoms in total. The molecule has 2 rings (SSSR count). The number of amides is 1. The Bertz CT molecular complexity index is 436. The SMILES string of the molecule is CC(C)n1cc(Br)cc1C(=O)NCC[C@@H]1CCCN1. The van der Waals surface area contributed by atoms with Gasteiger partial charge in [0.2, 0.25) is 0 Å². The van der Waals surface area contributed by atoms with E-state index in [9.17, 15) is 4.79 Å². The maximum Gasteiger partial charge on any atom is 0.267 e. The third kappa shape index (κ3) is 3.83. The molecule has 0 unspecified atom stereocenters. The van der Waals surface area contributed by atoms with Gasteiger partial charge in [-0.25, -0.2) is 0 Å². The Morgan fingerprint density at radius 2 is 2.42 bits per heavy atom. The molecule has 1 aliphatic rings. The molecule has 1 aliphatic heterocycles. The van der Waals surface area contributed by atoms with Crippen LogP contribution in [0.4, 0.5) is 0 Å². The zero-order valence-electron chi connectivity index (χ0n) is 11.6. The summed E-state index contributed by atoms with van der Waals surface area (Å²) in [5, 5.41) is 6.45. The Morgan fingerprint density at radius 1 is 1.63 bits per heavy atom. The van der Waals surface area contributed by atoms with Crippen LogP contribution in [0.2, 0.25) is 0 Å². The molecule has 0 spiro atoms. The van der Waals surface area contributed by atoms with E-state index in [0.29, 0.717) is 6.04 Å². The lowest BCUT2D eigenvalue weighted by Crippen LogP contribution is -2.31. The van der Waals surface area contributed by atoms with E-state index in [1.165, 1.54) is 12.8 Å². The van der Waals surface area contributed by atoms with E-state index in [4.69, 9.17) is 0 Å². The van der Waals surface area contributed by atoms with Crippen molar-refractivity contribution in [1.29, 1.82) is 0 Å². The predicted molar refractivity (Wildman–Crippen MR) is 80.5 cm³/mol. The molecule has 2 N–H and O–H groups in total. The van der Waals surface area contributed by atoms with E-state index >= 15 is 0 Å². The normalized spacial score (nSPS) is 19.1. The number of carbonyl (C=O) groups excluding carboxylic acids is 1. The Labute approximate surface area is 123 Å². The molecule has 5 heteroatoms. The van der Waals surface area contributed by atoms with Gasteiger partial charge >= 0.3 is 0 Å². The molecule has 1 aromatic heterocycles. The smallest absolute Gasteiger partial charge is 0.267 e. The van der Waals surface area contributed by atoms with E-state index < -0.39 is 0 Å². The Morgan fingerprint density at radius 3 is 3.05 bits per heavy atom. The summed E-state index contributed by atoms with van der Waals surface area (Å²) in [5.41, 5.74) is 0.723. The summed E-state index contributed by atoms with van der Waals surface area (Å²) >= 11 is 3.43. The van der Waals surface area contributed by atoms with Gasteiger partial charge in [-0.05, 0) is 61.7 Å². The number of hydrogen-bond donors (Lipinski definition) is 2. The Kier molecular flexibility index (Phi) is 5.05. The highest BCUT2D eigenvalue weighted by Gasteiger charge is 2.16. The lowest BCUT2D eigenvalue weighted by Gasteiger charge is -2.14. The third-order valence-electron chi connectivity index (χ3n) is 3.54. The zero-order valence-corrected chi connectivity index (χ0v) is 13.2. The number of rotatable bonds is 5. The van der Waals surface area contributed by atoms with Gasteiger partial charge in [-0.15, -0.1) is 0 Å². The van der Waals surface area contributed by atoms with E-state index in [-0.39, 0.29) is 11.9 Å². The average Bonchev–Trinajstić information content (AvgIpc) is 2.98. The first kappa shape index (κ1) is 14.6. The highest BCUT2D eigenvalue weighted by Crippen LogP contribution is 2.19. The van der Waals surface area contributed by atoms with Crippen molar-refractivity contribution < 1.29 is 4.79 Å². The maximum atomic E-state index is 12.2. The summed E-state index contributed by atoms with van der Waals surface area (Å²) in [4.78, 5) is 12.2. The highest BCUT2D eigenvalue weighted by atomic mass is 79.9. The second-order valence-electron chi connectivity index (χ2n) is 5.38. The van der Waals surface area contributed by atoms with Gasteiger partial charge in [0.25, 0.3) is 5.91 Å². The van der Waals surface area contributed by atoms with Gasteiger partial charge in [-0.3, -0.25) is 4.79 Å². The summed E-state index contributed by atoms with van der Waals surface area (Å²) in [7, 11) is 0. The maximum absolute atomic E-state index is 12.2. The van der Waals surface area contributed by atoms with Crippen molar-refractivity contribution in [3.8, 4) is 0 Å². The molecule has 19 heavy (non-hydrogen) atoms. The van der Waals surface area contributed by atoms with Gasteiger partial charge in [0.05, 0.1) is 0 Å². The van der Waals surface area contributed by atoms with Crippen LogP contribution in [0.25, 0.3) is 0 Å². The first-order valence-electron chi connectivity index (χ1n) is 6.97. The van der Waals surface area contributed by atoms with E-state index in [2.05, 4.69) is 40.4 Å². The standard InChI is InChI=1S/C14H22BrN3O/c1-10(2)18-9-11(15)8-13(18)14(19)17-7-5-12-4-3-6-16-12/h8-10,12,16H,3-7H2,1-2H3,(H,17,19)/t12-/m0/s1. The first-order valence-corrected chi connectivity index (χ1v) is 7.76. The van der Waals surface area contributed by atoms with Crippen LogP contribution < -0.4 is 10.6 Å². The number of halogens is 1. The topological polar surface area (TPSA) is 46.1 Å².